The van der Waals surface area contributed by atoms with E-state index in [9.17, 15) is 0 Å². The maximum absolute atomic E-state index is 2.30. The highest BCUT2D eigenvalue weighted by atomic mass is 32.1. The third kappa shape index (κ3) is 1.55. The molecule has 0 atom stereocenters. The minimum atomic E-state index is 1.33. The number of fused-ring (bicyclic) bond motifs is 7. The van der Waals surface area contributed by atoms with Gasteiger partial charge < -0.3 is 0 Å². The van der Waals surface area contributed by atoms with Crippen LogP contribution in [0, 0.1) is 6.92 Å². The second-order valence-electron chi connectivity index (χ2n) is 5.52. The second kappa shape index (κ2) is 4.06. The summed E-state index contributed by atoms with van der Waals surface area (Å²) in [6.45, 7) is 2.17. The number of thiophene rings is 2. The molecule has 0 fully saturated rings. The van der Waals surface area contributed by atoms with E-state index in [4.69, 9.17) is 0 Å². The van der Waals surface area contributed by atoms with Gasteiger partial charge in [-0.1, -0.05) is 42.5 Å². The summed E-state index contributed by atoms with van der Waals surface area (Å²) in [6, 6.07) is 20.1. The number of benzene rings is 3. The van der Waals surface area contributed by atoms with Crippen molar-refractivity contribution in [3.8, 4) is 0 Å². The van der Waals surface area contributed by atoms with E-state index in [1.807, 2.05) is 22.7 Å². The molecule has 2 aromatic heterocycles. The van der Waals surface area contributed by atoms with E-state index in [0.29, 0.717) is 0 Å². The van der Waals surface area contributed by atoms with Crippen LogP contribution in [-0.4, -0.2) is 0 Å². The Kier molecular flexibility index (Phi) is 2.27. The first-order valence-corrected chi connectivity index (χ1v) is 8.68. The van der Waals surface area contributed by atoms with Gasteiger partial charge in [-0.2, -0.15) is 0 Å². The molecule has 0 radical (unpaired) electrons. The predicted octanol–water partition coefficient (Wildman–Crippen LogP) is 6.73. The summed E-state index contributed by atoms with van der Waals surface area (Å²) in [6.07, 6.45) is 0. The molecule has 0 nitrogen and oxygen atoms in total. The fraction of sp³-hybridized carbons (Fsp3) is 0.0526. The van der Waals surface area contributed by atoms with Crippen LogP contribution in [0.15, 0.2) is 54.6 Å². The summed E-state index contributed by atoms with van der Waals surface area (Å²) in [5.41, 5.74) is 1.33. The summed E-state index contributed by atoms with van der Waals surface area (Å²) in [5, 5.41) is 5.56. The SMILES string of the molecule is Cc1ccc2c(c1)sc1c2ccc2c3ccccc3sc21. The summed E-state index contributed by atoms with van der Waals surface area (Å²) in [4.78, 5) is 0. The maximum Gasteiger partial charge on any atom is 0.0534 e. The first kappa shape index (κ1) is 11.7. The van der Waals surface area contributed by atoms with Gasteiger partial charge in [-0.15, -0.1) is 22.7 Å². The molecule has 0 N–H and O–H groups in total. The van der Waals surface area contributed by atoms with Gasteiger partial charge in [0.1, 0.15) is 0 Å². The average molecular weight is 304 g/mol. The van der Waals surface area contributed by atoms with Crippen molar-refractivity contribution in [3.63, 3.8) is 0 Å². The molecule has 0 aliphatic carbocycles. The van der Waals surface area contributed by atoms with Crippen LogP contribution < -0.4 is 0 Å². The number of hydrogen-bond donors (Lipinski definition) is 0. The quantitative estimate of drug-likeness (QED) is 0.297. The van der Waals surface area contributed by atoms with Crippen LogP contribution in [0.5, 0.6) is 0 Å². The van der Waals surface area contributed by atoms with Gasteiger partial charge in [-0.3, -0.25) is 0 Å². The van der Waals surface area contributed by atoms with Crippen LogP contribution >= 0.6 is 22.7 Å². The van der Waals surface area contributed by atoms with Gasteiger partial charge >= 0.3 is 0 Å². The van der Waals surface area contributed by atoms with Crippen molar-refractivity contribution in [2.75, 3.05) is 0 Å². The number of rotatable bonds is 0. The molecule has 5 aromatic rings. The van der Waals surface area contributed by atoms with E-state index in [1.165, 1.54) is 45.9 Å². The van der Waals surface area contributed by atoms with E-state index in [2.05, 4.69) is 61.5 Å². The largest absolute Gasteiger partial charge is 0.134 e. The highest BCUT2D eigenvalue weighted by molar-refractivity contribution is 7.33. The van der Waals surface area contributed by atoms with Gasteiger partial charge in [0.05, 0.1) is 9.40 Å². The monoisotopic (exact) mass is 304 g/mol. The lowest BCUT2D eigenvalue weighted by Gasteiger charge is -1.94. The molecule has 0 spiro atoms. The molecule has 21 heavy (non-hydrogen) atoms. The third-order valence-corrected chi connectivity index (χ3v) is 6.66. The Labute approximate surface area is 130 Å². The van der Waals surface area contributed by atoms with Crippen molar-refractivity contribution in [2.45, 2.75) is 6.92 Å². The zero-order valence-corrected chi connectivity index (χ0v) is 13.1. The molecule has 0 aliphatic heterocycles. The minimum absolute atomic E-state index is 1.33. The van der Waals surface area contributed by atoms with Gasteiger partial charge in [0.25, 0.3) is 0 Å². The maximum atomic E-state index is 2.30. The lowest BCUT2D eigenvalue weighted by molar-refractivity contribution is 1.52. The van der Waals surface area contributed by atoms with Crippen molar-refractivity contribution < 1.29 is 0 Å². The fourth-order valence-corrected chi connectivity index (χ4v) is 5.76. The highest BCUT2D eigenvalue weighted by Crippen LogP contribution is 2.44. The molecular formula is C19H12S2. The molecule has 0 saturated carbocycles. The summed E-state index contributed by atoms with van der Waals surface area (Å²) < 4.78 is 5.66. The Bertz CT molecular complexity index is 1140. The summed E-state index contributed by atoms with van der Waals surface area (Å²) in [7, 11) is 0. The van der Waals surface area contributed by atoms with Crippen LogP contribution in [-0.2, 0) is 0 Å². The van der Waals surface area contributed by atoms with Crippen molar-refractivity contribution in [3.05, 3.63) is 60.2 Å². The zero-order valence-electron chi connectivity index (χ0n) is 11.5. The molecule has 0 bridgehead atoms. The van der Waals surface area contributed by atoms with Crippen LogP contribution in [0.1, 0.15) is 5.56 Å². The molecule has 100 valence electrons. The summed E-state index contributed by atoms with van der Waals surface area (Å²) in [5.74, 6) is 0. The Balaban J connectivity index is 2.06. The van der Waals surface area contributed by atoms with Gasteiger partial charge in [0.15, 0.2) is 0 Å². The zero-order chi connectivity index (χ0) is 14.0. The Hall–Kier alpha value is -1.90. The lowest BCUT2D eigenvalue weighted by Crippen LogP contribution is -1.70. The topological polar surface area (TPSA) is 0 Å². The van der Waals surface area contributed by atoms with E-state index in [0.717, 1.165) is 0 Å². The summed E-state index contributed by atoms with van der Waals surface area (Å²) >= 11 is 3.85. The van der Waals surface area contributed by atoms with Crippen LogP contribution in [0.4, 0.5) is 0 Å². The molecule has 5 rings (SSSR count). The van der Waals surface area contributed by atoms with Gasteiger partial charge in [-0.25, -0.2) is 0 Å². The van der Waals surface area contributed by atoms with E-state index < -0.39 is 0 Å². The van der Waals surface area contributed by atoms with Gasteiger partial charge in [0.2, 0.25) is 0 Å². The number of hydrogen-bond acceptors (Lipinski definition) is 2. The smallest absolute Gasteiger partial charge is 0.0534 e. The molecule has 3 aromatic carbocycles. The van der Waals surface area contributed by atoms with E-state index in [-0.39, 0.29) is 0 Å². The molecule has 2 heteroatoms. The lowest BCUT2D eigenvalue weighted by atomic mass is 10.1. The first-order valence-electron chi connectivity index (χ1n) is 7.04. The normalized spacial score (nSPS) is 12.0. The standard InChI is InChI=1S/C19H12S2/c1-11-6-7-13-15-9-8-14-12-4-2-3-5-16(12)20-18(14)19(15)21-17(13)10-11/h2-10H,1H3. The molecule has 0 saturated heterocycles. The number of aryl methyl sites for hydroxylation is 1. The van der Waals surface area contributed by atoms with Crippen molar-refractivity contribution in [2.24, 2.45) is 0 Å². The molecule has 0 unspecified atom stereocenters. The Morgan fingerprint density at radius 3 is 2.05 bits per heavy atom. The highest BCUT2D eigenvalue weighted by Gasteiger charge is 2.12. The van der Waals surface area contributed by atoms with Crippen molar-refractivity contribution in [1.82, 2.24) is 0 Å². The third-order valence-electron chi connectivity index (χ3n) is 4.14. The van der Waals surface area contributed by atoms with Crippen LogP contribution in [0.2, 0.25) is 0 Å². The van der Waals surface area contributed by atoms with Crippen molar-refractivity contribution >= 4 is 63.0 Å². The van der Waals surface area contributed by atoms with Crippen molar-refractivity contribution in [1.29, 1.82) is 0 Å². The average Bonchev–Trinajstić information content (AvgIpc) is 3.04. The van der Waals surface area contributed by atoms with Gasteiger partial charge in [-0.05, 0) is 24.6 Å². The molecular weight excluding hydrogens is 292 g/mol. The van der Waals surface area contributed by atoms with E-state index in [1.54, 1.807) is 0 Å². The first-order chi connectivity index (χ1) is 10.3. The van der Waals surface area contributed by atoms with Crippen LogP contribution in [0.3, 0.4) is 0 Å². The van der Waals surface area contributed by atoms with Crippen LogP contribution in [0.25, 0.3) is 40.3 Å². The molecule has 0 aliphatic rings. The Morgan fingerprint density at radius 2 is 1.24 bits per heavy atom. The predicted molar refractivity (Wildman–Crippen MR) is 97.0 cm³/mol. The Morgan fingerprint density at radius 1 is 0.619 bits per heavy atom. The fourth-order valence-electron chi connectivity index (χ4n) is 3.12. The van der Waals surface area contributed by atoms with Gasteiger partial charge in [0, 0.05) is 30.9 Å². The van der Waals surface area contributed by atoms with E-state index >= 15 is 0 Å². The molecule has 2 heterocycles. The minimum Gasteiger partial charge on any atom is -0.134 e. The molecule has 0 amide bonds. The second-order valence-corrected chi connectivity index (χ2v) is 7.62.